The summed E-state index contributed by atoms with van der Waals surface area (Å²) < 4.78 is 5.14. The lowest BCUT2D eigenvalue weighted by Gasteiger charge is -2.43. The van der Waals surface area contributed by atoms with Crippen LogP contribution in [0.15, 0.2) is 12.1 Å². The molecule has 5 heteroatoms. The lowest BCUT2D eigenvalue weighted by molar-refractivity contribution is -0.136. The van der Waals surface area contributed by atoms with Crippen molar-refractivity contribution in [1.29, 1.82) is 0 Å². The van der Waals surface area contributed by atoms with Crippen molar-refractivity contribution in [3.05, 3.63) is 34.4 Å². The minimum Gasteiger partial charge on any atom is -0.457 e. The van der Waals surface area contributed by atoms with Crippen molar-refractivity contribution in [2.45, 2.75) is 45.6 Å². The highest BCUT2D eigenvalue weighted by Crippen LogP contribution is 2.38. The molecule has 0 atom stereocenters. The van der Waals surface area contributed by atoms with Crippen LogP contribution in [-0.4, -0.2) is 43.0 Å². The van der Waals surface area contributed by atoms with E-state index in [2.05, 4.69) is 23.2 Å². The Kier molecular flexibility index (Phi) is 4.28. The van der Waals surface area contributed by atoms with E-state index >= 15 is 0 Å². The van der Waals surface area contributed by atoms with E-state index in [1.54, 1.807) is 0 Å². The van der Waals surface area contributed by atoms with Gasteiger partial charge in [-0.2, -0.15) is 0 Å². The Labute approximate surface area is 148 Å². The molecule has 0 aromatic heterocycles. The smallest absolute Gasteiger partial charge is 0.338 e. The summed E-state index contributed by atoms with van der Waals surface area (Å²) in [4.78, 5) is 26.4. The average Bonchev–Trinajstić information content (AvgIpc) is 3.00. The number of rotatable bonds is 3. The minimum atomic E-state index is -0.197. The van der Waals surface area contributed by atoms with E-state index in [1.807, 2.05) is 6.07 Å². The number of fused-ring (bicyclic) bond motifs is 1. The number of ether oxygens (including phenoxy) is 1. The van der Waals surface area contributed by atoms with Gasteiger partial charge in [-0.15, -0.1) is 0 Å². The van der Waals surface area contributed by atoms with Crippen LogP contribution in [0, 0.1) is 12.3 Å². The zero-order chi connectivity index (χ0) is 17.4. The normalized spacial score (nSPS) is 22.6. The first-order chi connectivity index (χ1) is 12.1. The monoisotopic (exact) mass is 342 g/mol. The number of nitrogens with zero attached hydrogens (tertiary/aromatic N) is 1. The Morgan fingerprint density at radius 1 is 1.20 bits per heavy atom. The number of carbonyl (C=O) groups is 2. The second-order valence-electron chi connectivity index (χ2n) is 7.68. The van der Waals surface area contributed by atoms with E-state index in [4.69, 9.17) is 4.74 Å². The number of amides is 1. The van der Waals surface area contributed by atoms with Gasteiger partial charge in [-0.25, -0.2) is 4.79 Å². The van der Waals surface area contributed by atoms with E-state index in [0.29, 0.717) is 6.61 Å². The van der Waals surface area contributed by atoms with Crippen molar-refractivity contribution in [2.75, 3.05) is 26.2 Å². The van der Waals surface area contributed by atoms with Gasteiger partial charge in [0, 0.05) is 18.7 Å². The number of benzene rings is 1. The number of likely N-dealkylation sites (tertiary alicyclic amines) is 1. The molecule has 5 nitrogen and oxygen atoms in total. The second kappa shape index (κ2) is 6.45. The van der Waals surface area contributed by atoms with Crippen molar-refractivity contribution in [1.82, 2.24) is 10.2 Å². The van der Waals surface area contributed by atoms with Crippen molar-refractivity contribution in [3.63, 3.8) is 0 Å². The van der Waals surface area contributed by atoms with E-state index in [9.17, 15) is 9.59 Å². The van der Waals surface area contributed by atoms with Gasteiger partial charge >= 0.3 is 5.97 Å². The maximum absolute atomic E-state index is 12.3. The predicted molar refractivity (Wildman–Crippen MR) is 94.4 cm³/mol. The number of cyclic esters (lactones) is 1. The molecule has 3 aliphatic rings. The van der Waals surface area contributed by atoms with Crippen molar-refractivity contribution < 1.29 is 14.3 Å². The summed E-state index contributed by atoms with van der Waals surface area (Å²) in [6.07, 6.45) is 5.09. The van der Waals surface area contributed by atoms with Crippen LogP contribution in [0.25, 0.3) is 0 Å². The molecule has 1 spiro atoms. The van der Waals surface area contributed by atoms with Crippen LogP contribution >= 0.6 is 0 Å². The van der Waals surface area contributed by atoms with E-state index in [0.717, 1.165) is 69.4 Å². The summed E-state index contributed by atoms with van der Waals surface area (Å²) in [5, 5.41) is 3.05. The molecule has 25 heavy (non-hydrogen) atoms. The van der Waals surface area contributed by atoms with Crippen LogP contribution < -0.4 is 5.32 Å². The molecule has 4 rings (SSSR count). The quantitative estimate of drug-likeness (QED) is 0.856. The van der Waals surface area contributed by atoms with Crippen LogP contribution in [-0.2, 0) is 22.6 Å². The number of hydrogen-bond acceptors (Lipinski definition) is 4. The highest BCUT2D eigenvalue weighted by molar-refractivity contribution is 5.93. The molecule has 1 aromatic carbocycles. The lowest BCUT2D eigenvalue weighted by atomic mass is 9.72. The van der Waals surface area contributed by atoms with Crippen LogP contribution in [0.5, 0.6) is 0 Å². The van der Waals surface area contributed by atoms with Gasteiger partial charge in [0.05, 0.1) is 11.0 Å². The van der Waals surface area contributed by atoms with E-state index in [-0.39, 0.29) is 17.3 Å². The molecule has 134 valence electrons. The molecule has 1 amide bonds. The Morgan fingerprint density at radius 2 is 2.00 bits per heavy atom. The third kappa shape index (κ3) is 2.95. The Bertz CT molecular complexity index is 705. The summed E-state index contributed by atoms with van der Waals surface area (Å²) >= 11 is 0. The number of piperidine rings is 2. The molecule has 1 N–H and O–H groups in total. The lowest BCUT2D eigenvalue weighted by Crippen LogP contribution is -2.52. The predicted octanol–water partition coefficient (Wildman–Crippen LogP) is 2.20. The van der Waals surface area contributed by atoms with Gasteiger partial charge in [-0.3, -0.25) is 4.79 Å². The first-order valence-electron chi connectivity index (χ1n) is 9.38. The van der Waals surface area contributed by atoms with E-state index in [1.165, 1.54) is 11.1 Å². The summed E-state index contributed by atoms with van der Waals surface area (Å²) in [6, 6.07) is 3.98. The van der Waals surface area contributed by atoms with Crippen molar-refractivity contribution >= 4 is 11.9 Å². The second-order valence-corrected chi connectivity index (χ2v) is 7.68. The number of nitrogens with one attached hydrogen (secondary N) is 1. The number of esters is 1. The molecule has 3 heterocycles. The Hall–Kier alpha value is -1.88. The summed E-state index contributed by atoms with van der Waals surface area (Å²) in [5.74, 6) is 0.0780. The van der Waals surface area contributed by atoms with Crippen molar-refractivity contribution in [2.24, 2.45) is 5.41 Å². The fraction of sp³-hybridized carbons (Fsp3) is 0.600. The Balaban J connectivity index is 1.36. The molecule has 0 bridgehead atoms. The summed E-state index contributed by atoms with van der Waals surface area (Å²) in [5.41, 5.74) is 4.18. The fourth-order valence-electron chi connectivity index (χ4n) is 4.56. The van der Waals surface area contributed by atoms with Gasteiger partial charge in [0.15, 0.2) is 0 Å². The largest absolute Gasteiger partial charge is 0.457 e. The van der Waals surface area contributed by atoms with Gasteiger partial charge in [0.25, 0.3) is 0 Å². The molecule has 0 aliphatic carbocycles. The maximum atomic E-state index is 12.3. The molecule has 3 aliphatic heterocycles. The highest BCUT2D eigenvalue weighted by Gasteiger charge is 2.42. The van der Waals surface area contributed by atoms with Crippen LogP contribution in [0.1, 0.15) is 52.7 Å². The van der Waals surface area contributed by atoms with Gasteiger partial charge in [0.2, 0.25) is 5.91 Å². The Morgan fingerprint density at radius 3 is 2.76 bits per heavy atom. The van der Waals surface area contributed by atoms with Gasteiger partial charge in [-0.05, 0) is 69.3 Å². The molecule has 0 radical (unpaired) electrons. The number of carbonyl (C=O) groups excluding carboxylic acids is 2. The van der Waals surface area contributed by atoms with Crippen LogP contribution in [0.3, 0.4) is 0 Å². The molecule has 0 saturated carbocycles. The van der Waals surface area contributed by atoms with Crippen LogP contribution in [0.2, 0.25) is 0 Å². The highest BCUT2D eigenvalue weighted by atomic mass is 16.5. The van der Waals surface area contributed by atoms with Gasteiger partial charge < -0.3 is 15.0 Å². The minimum absolute atomic E-state index is 0.101. The zero-order valence-electron chi connectivity index (χ0n) is 14.9. The first kappa shape index (κ1) is 16.6. The van der Waals surface area contributed by atoms with E-state index < -0.39 is 0 Å². The molecular formula is C20H26N2O3. The molecular weight excluding hydrogens is 316 g/mol. The molecule has 1 aromatic rings. The average molecular weight is 342 g/mol. The first-order valence-corrected chi connectivity index (χ1v) is 9.38. The standard InChI is InChI=1S/C20H26N2O3/c1-14-15(3-4-16-17(14)13-25-18(16)23)5-10-22-11-7-20(8-12-22)6-2-9-21-19(20)24/h3-4H,2,5-13H2,1H3,(H,21,24). The number of hydrogen-bond donors (Lipinski definition) is 1. The third-order valence-corrected chi connectivity index (χ3v) is 6.39. The van der Waals surface area contributed by atoms with Gasteiger partial charge in [-0.1, -0.05) is 6.07 Å². The van der Waals surface area contributed by atoms with Crippen molar-refractivity contribution in [3.8, 4) is 0 Å². The summed E-state index contributed by atoms with van der Waals surface area (Å²) in [7, 11) is 0. The SMILES string of the molecule is Cc1c(CCN2CCC3(CCCNC3=O)CC2)ccc2c1COC2=O. The molecule has 2 fully saturated rings. The third-order valence-electron chi connectivity index (χ3n) is 6.39. The molecule has 0 unspecified atom stereocenters. The zero-order valence-corrected chi connectivity index (χ0v) is 14.9. The van der Waals surface area contributed by atoms with Gasteiger partial charge in [0.1, 0.15) is 6.61 Å². The van der Waals surface area contributed by atoms with Crippen LogP contribution in [0.4, 0.5) is 0 Å². The fourth-order valence-corrected chi connectivity index (χ4v) is 4.56. The molecule has 2 saturated heterocycles. The topological polar surface area (TPSA) is 58.6 Å². The summed E-state index contributed by atoms with van der Waals surface area (Å²) in [6.45, 7) is 6.35. The maximum Gasteiger partial charge on any atom is 0.338 e.